The second-order valence-electron chi connectivity index (χ2n) is 4.95. The van der Waals surface area contributed by atoms with Gasteiger partial charge in [0.1, 0.15) is 12.1 Å². The van der Waals surface area contributed by atoms with Crippen molar-refractivity contribution in [1.82, 2.24) is 9.97 Å². The lowest BCUT2D eigenvalue weighted by Gasteiger charge is -2.31. The molecule has 94 valence electrons. The van der Waals surface area contributed by atoms with Crippen LogP contribution in [0.5, 0.6) is 0 Å². The highest BCUT2D eigenvalue weighted by Gasteiger charge is 2.23. The molecule has 1 saturated carbocycles. The molecule has 2 unspecified atom stereocenters. The van der Waals surface area contributed by atoms with Gasteiger partial charge in [-0.3, -0.25) is 0 Å². The van der Waals surface area contributed by atoms with Crippen LogP contribution in [-0.4, -0.2) is 16.0 Å². The summed E-state index contributed by atoms with van der Waals surface area (Å²) in [6.45, 7) is 4.42. The largest absolute Gasteiger partial charge is 0.367 e. The van der Waals surface area contributed by atoms with E-state index in [4.69, 9.17) is 0 Å². The Morgan fingerprint density at radius 3 is 2.82 bits per heavy atom. The van der Waals surface area contributed by atoms with Crippen molar-refractivity contribution >= 4 is 5.82 Å². The molecular formula is C14H23N3. The fourth-order valence-electron chi connectivity index (χ4n) is 2.75. The molecule has 0 aliphatic heterocycles. The molecule has 1 N–H and O–H groups in total. The van der Waals surface area contributed by atoms with Gasteiger partial charge >= 0.3 is 0 Å². The van der Waals surface area contributed by atoms with Crippen molar-refractivity contribution in [2.24, 2.45) is 5.92 Å². The normalized spacial score (nSPS) is 24.6. The van der Waals surface area contributed by atoms with Crippen LogP contribution in [0.15, 0.2) is 12.4 Å². The first-order valence-electron chi connectivity index (χ1n) is 6.91. The van der Waals surface area contributed by atoms with Crippen LogP contribution in [0.4, 0.5) is 5.82 Å². The SMILES string of the molecule is CCc1cc(NC2CCCCC2CC)ncn1. The van der Waals surface area contributed by atoms with Crippen LogP contribution in [0.3, 0.4) is 0 Å². The van der Waals surface area contributed by atoms with Gasteiger partial charge in [-0.05, 0) is 25.2 Å². The zero-order valence-corrected chi connectivity index (χ0v) is 10.9. The van der Waals surface area contributed by atoms with E-state index in [-0.39, 0.29) is 0 Å². The topological polar surface area (TPSA) is 37.8 Å². The molecular weight excluding hydrogens is 210 g/mol. The van der Waals surface area contributed by atoms with Crippen molar-refractivity contribution in [2.75, 3.05) is 5.32 Å². The highest BCUT2D eigenvalue weighted by Crippen LogP contribution is 2.28. The monoisotopic (exact) mass is 233 g/mol. The Balaban J connectivity index is 2.02. The molecule has 0 amide bonds. The number of hydrogen-bond donors (Lipinski definition) is 1. The number of nitrogens with zero attached hydrogens (tertiary/aromatic N) is 2. The van der Waals surface area contributed by atoms with E-state index >= 15 is 0 Å². The highest BCUT2D eigenvalue weighted by molar-refractivity contribution is 5.36. The minimum Gasteiger partial charge on any atom is -0.367 e. The van der Waals surface area contributed by atoms with Gasteiger partial charge in [0.2, 0.25) is 0 Å². The summed E-state index contributed by atoms with van der Waals surface area (Å²) in [5, 5.41) is 3.61. The lowest BCUT2D eigenvalue weighted by molar-refractivity contribution is 0.317. The first-order valence-corrected chi connectivity index (χ1v) is 6.91. The third kappa shape index (κ3) is 3.18. The molecule has 2 atom stereocenters. The van der Waals surface area contributed by atoms with E-state index in [0.29, 0.717) is 6.04 Å². The predicted octanol–water partition coefficient (Wildman–Crippen LogP) is 3.42. The summed E-state index contributed by atoms with van der Waals surface area (Å²) in [5.41, 5.74) is 1.12. The zero-order chi connectivity index (χ0) is 12.1. The van der Waals surface area contributed by atoms with Crippen molar-refractivity contribution in [3.63, 3.8) is 0 Å². The Morgan fingerprint density at radius 1 is 1.24 bits per heavy atom. The predicted molar refractivity (Wildman–Crippen MR) is 71.1 cm³/mol. The molecule has 1 fully saturated rings. The van der Waals surface area contributed by atoms with Crippen molar-refractivity contribution in [3.8, 4) is 0 Å². The van der Waals surface area contributed by atoms with Crippen LogP contribution in [0.1, 0.15) is 51.6 Å². The second kappa shape index (κ2) is 5.99. The maximum atomic E-state index is 4.33. The number of hydrogen-bond acceptors (Lipinski definition) is 3. The summed E-state index contributed by atoms with van der Waals surface area (Å²) in [6, 6.07) is 2.69. The molecule has 0 saturated heterocycles. The van der Waals surface area contributed by atoms with Crippen LogP contribution in [-0.2, 0) is 6.42 Å². The first kappa shape index (κ1) is 12.3. The van der Waals surface area contributed by atoms with Crippen LogP contribution in [0.25, 0.3) is 0 Å². The lowest BCUT2D eigenvalue weighted by atomic mass is 9.83. The summed E-state index contributed by atoms with van der Waals surface area (Å²) in [6.07, 6.45) is 9.29. The van der Waals surface area contributed by atoms with Gasteiger partial charge in [-0.15, -0.1) is 0 Å². The Bertz CT molecular complexity index is 351. The molecule has 1 aliphatic carbocycles. The highest BCUT2D eigenvalue weighted by atomic mass is 15.0. The Morgan fingerprint density at radius 2 is 2.06 bits per heavy atom. The van der Waals surface area contributed by atoms with Gasteiger partial charge in [0, 0.05) is 17.8 Å². The fourth-order valence-corrected chi connectivity index (χ4v) is 2.75. The van der Waals surface area contributed by atoms with Crippen molar-refractivity contribution in [2.45, 2.75) is 58.4 Å². The number of anilines is 1. The summed E-state index contributed by atoms with van der Waals surface area (Å²) in [4.78, 5) is 8.57. The average Bonchev–Trinajstić information content (AvgIpc) is 2.39. The molecule has 1 aromatic heterocycles. The van der Waals surface area contributed by atoms with Crippen LogP contribution >= 0.6 is 0 Å². The third-order valence-electron chi connectivity index (χ3n) is 3.85. The quantitative estimate of drug-likeness (QED) is 0.866. The minimum absolute atomic E-state index is 0.605. The molecule has 2 rings (SSSR count). The van der Waals surface area contributed by atoms with E-state index in [9.17, 15) is 0 Å². The molecule has 1 heterocycles. The van der Waals surface area contributed by atoms with E-state index in [1.807, 2.05) is 0 Å². The first-order chi connectivity index (χ1) is 8.33. The average molecular weight is 233 g/mol. The number of aromatic nitrogens is 2. The lowest BCUT2D eigenvalue weighted by Crippen LogP contribution is -2.32. The molecule has 0 spiro atoms. The smallest absolute Gasteiger partial charge is 0.129 e. The van der Waals surface area contributed by atoms with E-state index in [1.165, 1.54) is 32.1 Å². The van der Waals surface area contributed by atoms with Crippen molar-refractivity contribution < 1.29 is 0 Å². The molecule has 0 aromatic carbocycles. The molecule has 0 radical (unpaired) electrons. The van der Waals surface area contributed by atoms with Gasteiger partial charge in [-0.1, -0.05) is 33.1 Å². The minimum atomic E-state index is 0.605. The van der Waals surface area contributed by atoms with Gasteiger partial charge < -0.3 is 5.32 Å². The van der Waals surface area contributed by atoms with E-state index in [2.05, 4.69) is 35.2 Å². The van der Waals surface area contributed by atoms with E-state index in [0.717, 1.165) is 23.9 Å². The summed E-state index contributed by atoms with van der Waals surface area (Å²) < 4.78 is 0. The van der Waals surface area contributed by atoms with E-state index < -0.39 is 0 Å². The van der Waals surface area contributed by atoms with Crippen LogP contribution in [0.2, 0.25) is 0 Å². The standard InChI is InChI=1S/C14H23N3/c1-3-11-7-5-6-8-13(11)17-14-9-12(4-2)15-10-16-14/h9-11,13H,3-8H2,1-2H3,(H,15,16,17). The molecule has 3 nitrogen and oxygen atoms in total. The number of rotatable bonds is 4. The number of aryl methyl sites for hydroxylation is 1. The van der Waals surface area contributed by atoms with Gasteiger partial charge in [0.15, 0.2) is 0 Å². The third-order valence-corrected chi connectivity index (χ3v) is 3.85. The van der Waals surface area contributed by atoms with Crippen LogP contribution < -0.4 is 5.32 Å². The fraction of sp³-hybridized carbons (Fsp3) is 0.714. The maximum absolute atomic E-state index is 4.33. The van der Waals surface area contributed by atoms with Gasteiger partial charge in [-0.2, -0.15) is 0 Å². The Kier molecular flexibility index (Phi) is 4.35. The van der Waals surface area contributed by atoms with Crippen molar-refractivity contribution in [1.29, 1.82) is 0 Å². The van der Waals surface area contributed by atoms with Crippen LogP contribution in [0, 0.1) is 5.92 Å². The molecule has 3 heteroatoms. The second-order valence-corrected chi connectivity index (χ2v) is 4.95. The molecule has 1 aromatic rings. The van der Waals surface area contributed by atoms with E-state index in [1.54, 1.807) is 6.33 Å². The Hall–Kier alpha value is -1.12. The molecule has 17 heavy (non-hydrogen) atoms. The molecule has 0 bridgehead atoms. The number of nitrogens with one attached hydrogen (secondary N) is 1. The summed E-state index contributed by atoms with van der Waals surface area (Å²) >= 11 is 0. The maximum Gasteiger partial charge on any atom is 0.129 e. The van der Waals surface area contributed by atoms with Gasteiger partial charge in [-0.25, -0.2) is 9.97 Å². The zero-order valence-electron chi connectivity index (χ0n) is 10.9. The van der Waals surface area contributed by atoms with Gasteiger partial charge in [0.05, 0.1) is 0 Å². The summed E-state index contributed by atoms with van der Waals surface area (Å²) in [7, 11) is 0. The summed E-state index contributed by atoms with van der Waals surface area (Å²) in [5.74, 6) is 1.81. The van der Waals surface area contributed by atoms with Gasteiger partial charge in [0.25, 0.3) is 0 Å². The molecule has 1 aliphatic rings. The Labute approximate surface area is 104 Å². The van der Waals surface area contributed by atoms with Crippen molar-refractivity contribution in [3.05, 3.63) is 18.1 Å².